The van der Waals surface area contributed by atoms with Crippen LogP contribution in [0.2, 0.25) is 0 Å². The number of sulfone groups is 1. The minimum atomic E-state index is -6.36. The lowest BCUT2D eigenvalue weighted by Crippen LogP contribution is -2.51. The number of rotatable bonds is 5. The van der Waals surface area contributed by atoms with Crippen molar-refractivity contribution in [1.29, 1.82) is 0 Å². The van der Waals surface area contributed by atoms with Gasteiger partial charge in [0.2, 0.25) is 5.91 Å². The minimum Gasteiger partial charge on any atom is -0.340 e. The monoisotopic (exact) mass is 668 g/mol. The molecule has 3 aromatic carbocycles. The van der Waals surface area contributed by atoms with E-state index in [1.807, 2.05) is 0 Å². The molecule has 1 aromatic heterocycles. The van der Waals surface area contributed by atoms with E-state index in [0.29, 0.717) is 23.2 Å². The number of fused-ring (bicyclic) bond motifs is 4. The molecule has 1 aliphatic carbocycles. The van der Waals surface area contributed by atoms with Gasteiger partial charge in [-0.15, -0.1) is 0 Å². The molecule has 1 saturated heterocycles. The Balaban J connectivity index is 1.45. The van der Waals surface area contributed by atoms with E-state index in [-0.39, 0.29) is 41.8 Å². The lowest BCUT2D eigenvalue weighted by atomic mass is 9.75. The highest BCUT2D eigenvalue weighted by molar-refractivity contribution is 7.92. The topological polar surface area (TPSA) is 67.3 Å². The van der Waals surface area contributed by atoms with Crippen LogP contribution in [0.15, 0.2) is 83.9 Å². The molecule has 2 heterocycles. The maximum atomic E-state index is 15.0. The van der Waals surface area contributed by atoms with Crippen molar-refractivity contribution < 1.29 is 48.3 Å². The van der Waals surface area contributed by atoms with Crippen LogP contribution in [0.3, 0.4) is 0 Å². The van der Waals surface area contributed by atoms with Crippen molar-refractivity contribution in [3.8, 4) is 0 Å². The molecule has 0 N–H and O–H groups in total. The van der Waals surface area contributed by atoms with E-state index in [2.05, 4.69) is 4.98 Å². The number of likely N-dealkylation sites (tertiary alicyclic amines) is 1. The highest BCUT2D eigenvalue weighted by Crippen LogP contribution is 2.56. The molecule has 242 valence electrons. The number of carbonyl (C=O) groups is 1. The van der Waals surface area contributed by atoms with Crippen molar-refractivity contribution in [2.45, 2.75) is 46.9 Å². The second-order valence-corrected chi connectivity index (χ2v) is 13.8. The van der Waals surface area contributed by atoms with Crippen LogP contribution >= 0.6 is 0 Å². The Morgan fingerprint density at radius 3 is 2.28 bits per heavy atom. The Labute approximate surface area is 257 Å². The number of pyridine rings is 1. The molecule has 1 amide bonds. The van der Waals surface area contributed by atoms with Crippen molar-refractivity contribution in [2.24, 2.45) is 5.92 Å². The van der Waals surface area contributed by atoms with E-state index in [1.165, 1.54) is 4.90 Å². The summed E-state index contributed by atoms with van der Waals surface area (Å²) in [5.74, 6) is -2.03. The lowest BCUT2D eigenvalue weighted by Gasteiger charge is -2.40. The van der Waals surface area contributed by atoms with Gasteiger partial charge in [0.1, 0.15) is 10.6 Å². The van der Waals surface area contributed by atoms with Gasteiger partial charge in [-0.05, 0) is 72.0 Å². The number of carbonyl (C=O) groups excluding carboxylic acids is 1. The van der Waals surface area contributed by atoms with Crippen molar-refractivity contribution in [2.75, 3.05) is 13.1 Å². The second kappa shape index (κ2) is 10.7. The Morgan fingerprint density at radius 2 is 1.61 bits per heavy atom. The first-order valence-corrected chi connectivity index (χ1v) is 15.6. The molecule has 1 fully saturated rings. The maximum Gasteiger partial charge on any atom is 0.435 e. The molecule has 46 heavy (non-hydrogen) atoms. The molecule has 2 aliphatic rings. The summed E-state index contributed by atoms with van der Waals surface area (Å²) in [5.41, 5.74) is -6.47. The van der Waals surface area contributed by atoms with Gasteiger partial charge in [-0.1, -0.05) is 30.3 Å². The first-order chi connectivity index (χ1) is 21.5. The summed E-state index contributed by atoms with van der Waals surface area (Å²) < 4.78 is 137. The highest BCUT2D eigenvalue weighted by Gasteiger charge is 2.73. The van der Waals surface area contributed by atoms with Crippen LogP contribution in [0, 0.1) is 11.7 Å². The fourth-order valence-corrected chi connectivity index (χ4v) is 9.11. The third kappa shape index (κ3) is 4.83. The molecule has 2 atom stereocenters. The van der Waals surface area contributed by atoms with Crippen LogP contribution in [0.1, 0.15) is 28.7 Å². The van der Waals surface area contributed by atoms with Crippen LogP contribution in [-0.4, -0.2) is 49.7 Å². The van der Waals surface area contributed by atoms with E-state index in [9.17, 15) is 43.9 Å². The number of halogens is 8. The Morgan fingerprint density at radius 1 is 0.913 bits per heavy atom. The Bertz CT molecular complexity index is 1930. The Kier molecular flexibility index (Phi) is 7.45. The minimum absolute atomic E-state index is 0.0420. The second-order valence-electron chi connectivity index (χ2n) is 11.6. The molecule has 5 nitrogen and oxygen atoms in total. The molecule has 0 radical (unpaired) electrons. The first-order valence-electron chi connectivity index (χ1n) is 14.1. The number of amides is 1. The van der Waals surface area contributed by atoms with Gasteiger partial charge in [0.15, 0.2) is 9.84 Å². The molecule has 2 unspecified atom stereocenters. The number of aryl methyl sites for hydroxylation is 1. The average molecular weight is 669 g/mol. The molecular formula is C32H24F8N2O3S. The molecule has 6 rings (SSSR count). The van der Waals surface area contributed by atoms with E-state index in [4.69, 9.17) is 0 Å². The molecule has 4 aromatic rings. The smallest absolute Gasteiger partial charge is 0.340 e. The van der Waals surface area contributed by atoms with E-state index < -0.39 is 62.4 Å². The molecule has 0 bridgehead atoms. The van der Waals surface area contributed by atoms with Crippen molar-refractivity contribution in [1.82, 2.24) is 9.88 Å². The zero-order chi connectivity index (χ0) is 33.3. The van der Waals surface area contributed by atoms with E-state index in [1.54, 1.807) is 36.5 Å². The van der Waals surface area contributed by atoms with Gasteiger partial charge >= 0.3 is 18.0 Å². The number of alkyl halides is 7. The van der Waals surface area contributed by atoms with Crippen molar-refractivity contribution in [3.05, 3.63) is 107 Å². The molecule has 1 aliphatic heterocycles. The summed E-state index contributed by atoms with van der Waals surface area (Å²) in [6, 6.07) is 14.0. The van der Waals surface area contributed by atoms with Gasteiger partial charge in [0, 0.05) is 36.2 Å². The number of nitrogens with zero attached hydrogens (tertiary/aromatic N) is 2. The number of hydrogen-bond donors (Lipinski definition) is 0. The first kappa shape index (κ1) is 31.9. The van der Waals surface area contributed by atoms with Crippen molar-refractivity contribution in [3.63, 3.8) is 0 Å². The van der Waals surface area contributed by atoms with Crippen LogP contribution in [-0.2, 0) is 37.9 Å². The molecule has 14 heteroatoms. The zero-order valence-electron chi connectivity index (χ0n) is 23.7. The number of hydrogen-bond acceptors (Lipinski definition) is 4. The van der Waals surface area contributed by atoms with Crippen LogP contribution in [0.25, 0.3) is 10.9 Å². The Hall–Kier alpha value is -4.07. The number of aromatic nitrogens is 1. The third-order valence-corrected chi connectivity index (χ3v) is 11.5. The predicted molar refractivity (Wildman–Crippen MR) is 150 cm³/mol. The standard InChI is InChI=1S/C32H24F8N2O3S/c33-24-7-9-25(10-8-24)46(44,45)29-18-42(28(43)15-19-3-12-27-21(14-19)2-1-13-41-27)17-23(29)5-4-20-16-22(6-11-26(20)29)30(34,31(35,36)37)32(38,39)40/h1-3,6-14,16,23H,4-5,15,17-18H2. The SMILES string of the molecule is O=C(Cc1ccc2ncccc2c1)N1CC2CCc3cc(C(F)(C(F)(F)F)C(F)(F)F)ccc3C2(S(=O)(=O)c2ccc(F)cc2)C1. The third-order valence-electron chi connectivity index (χ3n) is 9.01. The van der Waals surface area contributed by atoms with Gasteiger partial charge in [0.05, 0.1) is 16.8 Å². The van der Waals surface area contributed by atoms with Gasteiger partial charge < -0.3 is 4.90 Å². The summed E-state index contributed by atoms with van der Waals surface area (Å²) in [6.07, 6.45) is -11.4. The van der Waals surface area contributed by atoms with Gasteiger partial charge in [-0.25, -0.2) is 17.2 Å². The molecule has 0 spiro atoms. The van der Waals surface area contributed by atoms with E-state index >= 15 is 4.39 Å². The zero-order valence-corrected chi connectivity index (χ0v) is 24.5. The summed E-state index contributed by atoms with van der Waals surface area (Å²) in [7, 11) is -4.57. The van der Waals surface area contributed by atoms with Crippen molar-refractivity contribution >= 4 is 26.6 Å². The largest absolute Gasteiger partial charge is 0.435 e. The fraction of sp³-hybridized carbons (Fsp3) is 0.312. The highest BCUT2D eigenvalue weighted by atomic mass is 32.2. The number of benzene rings is 3. The summed E-state index contributed by atoms with van der Waals surface area (Å²) in [6.45, 7) is -0.551. The summed E-state index contributed by atoms with van der Waals surface area (Å²) in [5, 5.41) is 0.768. The van der Waals surface area contributed by atoms with Crippen LogP contribution in [0.5, 0.6) is 0 Å². The van der Waals surface area contributed by atoms with Gasteiger partial charge in [0.25, 0.3) is 0 Å². The van der Waals surface area contributed by atoms with Gasteiger partial charge in [-0.2, -0.15) is 26.3 Å². The quantitative estimate of drug-likeness (QED) is 0.170. The van der Waals surface area contributed by atoms with Crippen LogP contribution < -0.4 is 0 Å². The lowest BCUT2D eigenvalue weighted by molar-refractivity contribution is -0.348. The van der Waals surface area contributed by atoms with Crippen LogP contribution in [0.4, 0.5) is 35.1 Å². The fourth-order valence-electron chi connectivity index (χ4n) is 6.75. The average Bonchev–Trinajstić information content (AvgIpc) is 3.42. The summed E-state index contributed by atoms with van der Waals surface area (Å²) in [4.78, 5) is 18.8. The molecule has 0 saturated carbocycles. The maximum absolute atomic E-state index is 15.0. The van der Waals surface area contributed by atoms with Gasteiger partial charge in [-0.3, -0.25) is 9.78 Å². The normalized spacial score (nSPS) is 20.4. The summed E-state index contributed by atoms with van der Waals surface area (Å²) >= 11 is 0. The molecular weight excluding hydrogens is 644 g/mol. The predicted octanol–water partition coefficient (Wildman–Crippen LogP) is 6.98. The van der Waals surface area contributed by atoms with E-state index in [0.717, 1.165) is 35.7 Å².